The Hall–Kier alpha value is -4.25. The molecule has 0 bridgehead atoms. The molecule has 8 nitrogen and oxygen atoms in total. The van der Waals surface area contributed by atoms with Crippen molar-refractivity contribution in [2.45, 2.75) is 6.61 Å². The molecular weight excluding hydrogens is 398 g/mol. The molecule has 0 saturated heterocycles. The van der Waals surface area contributed by atoms with Gasteiger partial charge in [-0.25, -0.2) is 0 Å². The summed E-state index contributed by atoms with van der Waals surface area (Å²) >= 11 is 0. The van der Waals surface area contributed by atoms with E-state index in [9.17, 15) is 9.59 Å². The number of methoxy groups -OCH3 is 1. The highest BCUT2D eigenvalue weighted by Gasteiger charge is 2.19. The number of carbonyl (C=O) groups excluding carboxylic acids is 2. The first-order valence-corrected chi connectivity index (χ1v) is 9.40. The van der Waals surface area contributed by atoms with Crippen LogP contribution in [0.15, 0.2) is 65.1 Å². The van der Waals surface area contributed by atoms with Gasteiger partial charge in [-0.2, -0.15) is 5.26 Å². The van der Waals surface area contributed by atoms with Crippen LogP contribution < -0.4 is 14.8 Å². The van der Waals surface area contributed by atoms with E-state index in [2.05, 4.69) is 11.4 Å². The van der Waals surface area contributed by atoms with Crippen LogP contribution in [0, 0.1) is 11.3 Å². The van der Waals surface area contributed by atoms with Gasteiger partial charge in [0, 0.05) is 18.8 Å². The summed E-state index contributed by atoms with van der Waals surface area (Å²) in [4.78, 5) is 26.1. The Labute approximate surface area is 179 Å². The van der Waals surface area contributed by atoms with E-state index < -0.39 is 5.91 Å². The van der Waals surface area contributed by atoms with Crippen molar-refractivity contribution in [3.8, 4) is 17.6 Å². The van der Waals surface area contributed by atoms with Crippen molar-refractivity contribution in [2.24, 2.45) is 0 Å². The van der Waals surface area contributed by atoms with Crippen LogP contribution in [0.4, 0.5) is 5.69 Å². The maximum absolute atomic E-state index is 12.6. The molecule has 1 heterocycles. The van der Waals surface area contributed by atoms with Gasteiger partial charge in [0.05, 0.1) is 19.2 Å². The SMILES string of the molecule is COc1cccc(NC(=O)CN(C)C(=O)c2ccc(COc3ccccc3C#N)o2)c1. The van der Waals surface area contributed by atoms with Gasteiger partial charge in [0.1, 0.15) is 29.9 Å². The summed E-state index contributed by atoms with van der Waals surface area (Å²) in [6.45, 7) is -0.0931. The smallest absolute Gasteiger partial charge is 0.289 e. The lowest BCUT2D eigenvalue weighted by atomic mass is 10.2. The molecule has 0 aliphatic heterocycles. The van der Waals surface area contributed by atoms with E-state index in [1.165, 1.54) is 18.0 Å². The molecule has 0 atom stereocenters. The molecule has 158 valence electrons. The number of carbonyl (C=O) groups is 2. The van der Waals surface area contributed by atoms with Crippen LogP contribution >= 0.6 is 0 Å². The summed E-state index contributed by atoms with van der Waals surface area (Å²) in [5.41, 5.74) is 0.979. The number of amides is 2. The maximum atomic E-state index is 12.6. The minimum atomic E-state index is -0.440. The summed E-state index contributed by atoms with van der Waals surface area (Å²) in [7, 11) is 3.05. The number of hydrogen-bond acceptors (Lipinski definition) is 6. The summed E-state index contributed by atoms with van der Waals surface area (Å²) in [5, 5.41) is 11.8. The number of benzene rings is 2. The van der Waals surface area contributed by atoms with Crippen LogP contribution in [0.2, 0.25) is 0 Å². The second-order valence-corrected chi connectivity index (χ2v) is 6.60. The van der Waals surface area contributed by atoms with Gasteiger partial charge in [0.25, 0.3) is 5.91 Å². The van der Waals surface area contributed by atoms with Crippen molar-refractivity contribution in [1.29, 1.82) is 5.26 Å². The van der Waals surface area contributed by atoms with Crippen molar-refractivity contribution >= 4 is 17.5 Å². The number of ether oxygens (including phenoxy) is 2. The van der Waals surface area contributed by atoms with Gasteiger partial charge in [-0.3, -0.25) is 9.59 Å². The normalized spacial score (nSPS) is 10.1. The summed E-state index contributed by atoms with van der Waals surface area (Å²) in [5.74, 6) is 0.761. The largest absolute Gasteiger partial charge is 0.497 e. The number of furan rings is 1. The number of likely N-dealkylation sites (N-methyl/N-ethyl adjacent to an activating group) is 1. The van der Waals surface area contributed by atoms with Crippen LogP contribution in [-0.2, 0) is 11.4 Å². The summed E-state index contributed by atoms with van der Waals surface area (Å²) in [6, 6.07) is 19.0. The molecular formula is C23H21N3O5. The third-order valence-electron chi connectivity index (χ3n) is 4.33. The summed E-state index contributed by atoms with van der Waals surface area (Å²) < 4.78 is 16.3. The van der Waals surface area contributed by atoms with E-state index in [1.54, 1.807) is 61.7 Å². The standard InChI is InChI=1S/C23H21N3O5/c1-26(14-22(27)25-17-7-5-8-18(12-17)29-2)23(28)21-11-10-19(31-21)15-30-20-9-4-3-6-16(20)13-24/h3-12H,14-15H2,1-2H3,(H,25,27). The predicted molar refractivity (Wildman–Crippen MR) is 113 cm³/mol. The minimum Gasteiger partial charge on any atom is -0.497 e. The first-order valence-electron chi connectivity index (χ1n) is 9.40. The van der Waals surface area contributed by atoms with Crippen LogP contribution in [0.25, 0.3) is 0 Å². The molecule has 0 radical (unpaired) electrons. The Balaban J connectivity index is 1.55. The van der Waals surface area contributed by atoms with Gasteiger partial charge in [-0.05, 0) is 36.4 Å². The van der Waals surface area contributed by atoms with E-state index in [0.29, 0.717) is 28.5 Å². The molecule has 0 aliphatic rings. The van der Waals surface area contributed by atoms with Gasteiger partial charge in [0.2, 0.25) is 5.91 Å². The molecule has 3 rings (SSSR count). The average molecular weight is 419 g/mol. The van der Waals surface area contributed by atoms with Crippen LogP contribution in [0.3, 0.4) is 0 Å². The molecule has 2 aromatic carbocycles. The third kappa shape index (κ3) is 5.64. The number of nitrogens with zero attached hydrogens (tertiary/aromatic N) is 2. The number of nitriles is 1. The van der Waals surface area contributed by atoms with E-state index in [0.717, 1.165) is 0 Å². The Morgan fingerprint density at radius 1 is 1.13 bits per heavy atom. The zero-order valence-corrected chi connectivity index (χ0v) is 17.1. The number of nitrogens with one attached hydrogen (secondary N) is 1. The number of rotatable bonds is 8. The zero-order valence-electron chi connectivity index (χ0n) is 17.1. The van der Waals surface area contributed by atoms with Crippen molar-refractivity contribution in [3.63, 3.8) is 0 Å². The number of anilines is 1. The fourth-order valence-electron chi connectivity index (χ4n) is 2.78. The Morgan fingerprint density at radius 3 is 2.71 bits per heavy atom. The molecule has 0 unspecified atom stereocenters. The Bertz CT molecular complexity index is 1120. The lowest BCUT2D eigenvalue weighted by Crippen LogP contribution is -2.34. The highest BCUT2D eigenvalue weighted by Crippen LogP contribution is 2.20. The van der Waals surface area contributed by atoms with Gasteiger partial charge >= 0.3 is 0 Å². The van der Waals surface area contributed by atoms with E-state index >= 15 is 0 Å². The highest BCUT2D eigenvalue weighted by atomic mass is 16.5. The van der Waals surface area contributed by atoms with E-state index in [-0.39, 0.29) is 24.8 Å². The second kappa shape index (κ2) is 9.98. The number of hydrogen-bond donors (Lipinski definition) is 1. The quantitative estimate of drug-likeness (QED) is 0.600. The third-order valence-corrected chi connectivity index (χ3v) is 4.33. The van der Waals surface area contributed by atoms with Crippen molar-refractivity contribution < 1.29 is 23.5 Å². The topological polar surface area (TPSA) is 105 Å². The molecule has 0 saturated carbocycles. The second-order valence-electron chi connectivity index (χ2n) is 6.60. The van der Waals surface area contributed by atoms with Gasteiger partial charge in [-0.1, -0.05) is 18.2 Å². The summed E-state index contributed by atoms with van der Waals surface area (Å²) in [6.07, 6.45) is 0. The lowest BCUT2D eigenvalue weighted by Gasteiger charge is -2.15. The van der Waals surface area contributed by atoms with Crippen LogP contribution in [0.5, 0.6) is 11.5 Å². The van der Waals surface area contributed by atoms with Crippen molar-refractivity contribution in [3.05, 3.63) is 77.7 Å². The molecule has 1 N–H and O–H groups in total. The number of para-hydroxylation sites is 1. The fourth-order valence-corrected chi connectivity index (χ4v) is 2.78. The Kier molecular flexibility index (Phi) is 6.91. The molecule has 0 aliphatic carbocycles. The molecule has 0 spiro atoms. The highest BCUT2D eigenvalue weighted by molar-refractivity contribution is 5.98. The zero-order chi connectivity index (χ0) is 22.2. The molecule has 3 aromatic rings. The van der Waals surface area contributed by atoms with Crippen LogP contribution in [-0.4, -0.2) is 37.4 Å². The van der Waals surface area contributed by atoms with Gasteiger partial charge in [0.15, 0.2) is 5.76 Å². The lowest BCUT2D eigenvalue weighted by molar-refractivity contribution is -0.116. The monoisotopic (exact) mass is 419 g/mol. The van der Waals surface area contributed by atoms with Crippen LogP contribution in [0.1, 0.15) is 21.9 Å². The maximum Gasteiger partial charge on any atom is 0.289 e. The molecule has 8 heteroatoms. The molecule has 1 aromatic heterocycles. The fraction of sp³-hybridized carbons (Fsp3) is 0.174. The first-order chi connectivity index (χ1) is 15.0. The van der Waals surface area contributed by atoms with Crippen molar-refractivity contribution in [1.82, 2.24) is 4.90 Å². The first kappa shape index (κ1) is 21.5. The molecule has 0 fully saturated rings. The molecule has 31 heavy (non-hydrogen) atoms. The van der Waals surface area contributed by atoms with Crippen molar-refractivity contribution in [2.75, 3.05) is 26.0 Å². The predicted octanol–water partition coefficient (Wildman–Crippen LogP) is 3.45. The van der Waals surface area contributed by atoms with Gasteiger partial charge < -0.3 is 24.1 Å². The minimum absolute atomic E-state index is 0.0615. The average Bonchev–Trinajstić information content (AvgIpc) is 3.26. The molecule has 2 amide bonds. The van der Waals surface area contributed by atoms with E-state index in [4.69, 9.17) is 19.2 Å². The van der Waals surface area contributed by atoms with E-state index in [1.807, 2.05) is 0 Å². The Morgan fingerprint density at radius 2 is 1.94 bits per heavy atom. The van der Waals surface area contributed by atoms with Gasteiger partial charge in [-0.15, -0.1) is 0 Å².